The van der Waals surface area contributed by atoms with Crippen molar-refractivity contribution >= 4 is 11.7 Å². The van der Waals surface area contributed by atoms with E-state index >= 15 is 0 Å². The van der Waals surface area contributed by atoms with Crippen LogP contribution in [-0.4, -0.2) is 35.1 Å². The number of hydrogen-bond acceptors (Lipinski definition) is 3. The molecule has 1 aromatic carbocycles. The maximum atomic E-state index is 13.5. The minimum atomic E-state index is -0.448. The zero-order valence-corrected chi connectivity index (χ0v) is 11.9. The van der Waals surface area contributed by atoms with Gasteiger partial charge in [0, 0.05) is 25.2 Å². The van der Waals surface area contributed by atoms with E-state index in [1.807, 2.05) is 12.1 Å². The van der Waals surface area contributed by atoms with Gasteiger partial charge in [-0.1, -0.05) is 18.2 Å². The van der Waals surface area contributed by atoms with E-state index in [0.29, 0.717) is 19.0 Å². The number of pyridine rings is 1. The molecule has 1 saturated heterocycles. The van der Waals surface area contributed by atoms with Crippen molar-refractivity contribution in [1.82, 2.24) is 9.88 Å². The maximum Gasteiger partial charge on any atom is 0.322 e. The molecule has 1 fully saturated rings. The van der Waals surface area contributed by atoms with Crippen molar-refractivity contribution in [3.8, 4) is 5.88 Å². The lowest BCUT2D eigenvalue weighted by Crippen LogP contribution is -2.34. The first-order valence-electron chi connectivity index (χ1n) is 7.10. The van der Waals surface area contributed by atoms with Crippen LogP contribution >= 0.6 is 0 Å². The lowest BCUT2D eigenvalue weighted by Gasteiger charge is -2.18. The molecule has 114 valence electrons. The minimum absolute atomic E-state index is 0.0960. The van der Waals surface area contributed by atoms with E-state index < -0.39 is 5.82 Å². The summed E-state index contributed by atoms with van der Waals surface area (Å²) >= 11 is 0. The van der Waals surface area contributed by atoms with E-state index in [4.69, 9.17) is 4.74 Å². The Hall–Kier alpha value is -2.63. The number of para-hydroxylation sites is 1. The third kappa shape index (κ3) is 3.33. The number of carbonyl (C=O) groups is 1. The zero-order chi connectivity index (χ0) is 15.4. The van der Waals surface area contributed by atoms with Crippen LogP contribution in [0, 0.1) is 5.82 Å². The van der Waals surface area contributed by atoms with Crippen molar-refractivity contribution in [3.63, 3.8) is 0 Å². The largest absolute Gasteiger partial charge is 0.472 e. The Labute approximate surface area is 127 Å². The Bertz CT molecular complexity index is 651. The van der Waals surface area contributed by atoms with Crippen molar-refractivity contribution in [1.29, 1.82) is 0 Å². The van der Waals surface area contributed by atoms with Crippen LogP contribution in [0.2, 0.25) is 0 Å². The van der Waals surface area contributed by atoms with Gasteiger partial charge in [0.05, 0.1) is 12.2 Å². The third-order valence-corrected chi connectivity index (χ3v) is 3.47. The van der Waals surface area contributed by atoms with Gasteiger partial charge in [0.1, 0.15) is 11.9 Å². The van der Waals surface area contributed by atoms with Gasteiger partial charge < -0.3 is 15.0 Å². The summed E-state index contributed by atoms with van der Waals surface area (Å²) in [6.07, 6.45) is 2.29. The molecular formula is C16H16FN3O2. The van der Waals surface area contributed by atoms with Crippen LogP contribution in [0.5, 0.6) is 5.88 Å². The average Bonchev–Trinajstić information content (AvgIpc) is 2.99. The van der Waals surface area contributed by atoms with Crippen molar-refractivity contribution in [3.05, 3.63) is 54.5 Å². The molecule has 1 unspecified atom stereocenters. The quantitative estimate of drug-likeness (QED) is 0.948. The molecule has 1 N–H and O–H groups in total. The van der Waals surface area contributed by atoms with E-state index in [1.54, 1.807) is 29.3 Å². The predicted octanol–water partition coefficient (Wildman–Crippen LogP) is 2.91. The first kappa shape index (κ1) is 14.3. The Balaban J connectivity index is 1.56. The Morgan fingerprint density at radius 1 is 1.27 bits per heavy atom. The van der Waals surface area contributed by atoms with E-state index in [2.05, 4.69) is 10.3 Å². The molecule has 0 spiro atoms. The highest BCUT2D eigenvalue weighted by Crippen LogP contribution is 2.18. The molecule has 1 atom stereocenters. The molecule has 1 aliphatic rings. The van der Waals surface area contributed by atoms with Crippen LogP contribution in [-0.2, 0) is 0 Å². The number of urea groups is 1. The molecule has 2 aromatic rings. The summed E-state index contributed by atoms with van der Waals surface area (Å²) in [6.45, 7) is 1.02. The van der Waals surface area contributed by atoms with E-state index in [0.717, 1.165) is 6.42 Å². The topological polar surface area (TPSA) is 54.5 Å². The predicted molar refractivity (Wildman–Crippen MR) is 80.3 cm³/mol. The number of rotatable bonds is 3. The molecule has 0 bridgehead atoms. The molecule has 6 heteroatoms. The number of nitrogens with one attached hydrogen (secondary N) is 1. The Morgan fingerprint density at radius 3 is 2.86 bits per heavy atom. The van der Waals surface area contributed by atoms with Gasteiger partial charge in [-0.3, -0.25) is 0 Å². The molecule has 22 heavy (non-hydrogen) atoms. The summed E-state index contributed by atoms with van der Waals surface area (Å²) < 4.78 is 19.3. The van der Waals surface area contributed by atoms with Gasteiger partial charge >= 0.3 is 6.03 Å². The van der Waals surface area contributed by atoms with Crippen LogP contribution in [0.1, 0.15) is 6.42 Å². The molecule has 1 aromatic heterocycles. The van der Waals surface area contributed by atoms with Gasteiger partial charge in [-0.15, -0.1) is 0 Å². The summed E-state index contributed by atoms with van der Waals surface area (Å²) in [7, 11) is 0. The Kier molecular flexibility index (Phi) is 4.18. The highest BCUT2D eigenvalue weighted by molar-refractivity contribution is 5.89. The number of aromatic nitrogens is 1. The SMILES string of the molecule is O=C(Nc1ccccc1F)N1CCC(Oc2ccccn2)C1. The van der Waals surface area contributed by atoms with Crippen molar-refractivity contribution < 1.29 is 13.9 Å². The zero-order valence-electron chi connectivity index (χ0n) is 11.9. The van der Waals surface area contributed by atoms with Crippen LogP contribution < -0.4 is 10.1 Å². The number of nitrogens with zero attached hydrogens (tertiary/aromatic N) is 2. The maximum absolute atomic E-state index is 13.5. The lowest BCUT2D eigenvalue weighted by atomic mass is 10.3. The number of anilines is 1. The van der Waals surface area contributed by atoms with Crippen molar-refractivity contribution in [2.75, 3.05) is 18.4 Å². The van der Waals surface area contributed by atoms with E-state index in [1.165, 1.54) is 12.1 Å². The molecular weight excluding hydrogens is 285 g/mol. The van der Waals surface area contributed by atoms with Gasteiger partial charge in [-0.05, 0) is 18.2 Å². The van der Waals surface area contributed by atoms with E-state index in [-0.39, 0.29) is 17.8 Å². The smallest absolute Gasteiger partial charge is 0.322 e. The number of likely N-dealkylation sites (tertiary alicyclic amines) is 1. The standard InChI is InChI=1S/C16H16FN3O2/c17-13-5-1-2-6-14(13)19-16(21)20-10-8-12(11-20)22-15-7-3-4-9-18-15/h1-7,9,12H,8,10-11H2,(H,19,21). The second-order valence-corrected chi connectivity index (χ2v) is 5.05. The van der Waals surface area contributed by atoms with Gasteiger partial charge in [0.2, 0.25) is 5.88 Å². The molecule has 0 aliphatic carbocycles. The fourth-order valence-electron chi connectivity index (χ4n) is 2.35. The van der Waals surface area contributed by atoms with Crippen molar-refractivity contribution in [2.24, 2.45) is 0 Å². The van der Waals surface area contributed by atoms with Gasteiger partial charge in [-0.2, -0.15) is 0 Å². The number of halogens is 1. The summed E-state index contributed by atoms with van der Waals surface area (Å²) in [5.74, 6) is 0.0974. The number of amides is 2. The summed E-state index contributed by atoms with van der Waals surface area (Å²) in [4.78, 5) is 17.9. The van der Waals surface area contributed by atoms with E-state index in [9.17, 15) is 9.18 Å². The van der Waals surface area contributed by atoms with Gasteiger partial charge in [0.15, 0.2) is 0 Å². The van der Waals surface area contributed by atoms with Gasteiger partial charge in [-0.25, -0.2) is 14.2 Å². The van der Waals surface area contributed by atoms with Crippen LogP contribution in [0.15, 0.2) is 48.7 Å². The normalized spacial score (nSPS) is 17.3. The molecule has 1 aliphatic heterocycles. The lowest BCUT2D eigenvalue weighted by molar-refractivity contribution is 0.190. The summed E-state index contributed by atoms with van der Waals surface area (Å²) in [5.41, 5.74) is 0.182. The molecule has 0 saturated carbocycles. The number of benzene rings is 1. The highest BCUT2D eigenvalue weighted by Gasteiger charge is 2.28. The third-order valence-electron chi connectivity index (χ3n) is 3.47. The fraction of sp³-hybridized carbons (Fsp3) is 0.250. The average molecular weight is 301 g/mol. The van der Waals surface area contributed by atoms with Crippen LogP contribution in [0.25, 0.3) is 0 Å². The Morgan fingerprint density at radius 2 is 2.09 bits per heavy atom. The number of carbonyl (C=O) groups excluding carboxylic acids is 1. The summed E-state index contributed by atoms with van der Waals surface area (Å²) in [5, 5.41) is 2.58. The monoisotopic (exact) mass is 301 g/mol. The second-order valence-electron chi connectivity index (χ2n) is 5.05. The van der Waals surface area contributed by atoms with Crippen molar-refractivity contribution in [2.45, 2.75) is 12.5 Å². The second kappa shape index (κ2) is 6.43. The molecule has 2 heterocycles. The molecule has 0 radical (unpaired) electrons. The number of hydrogen-bond donors (Lipinski definition) is 1. The number of ether oxygens (including phenoxy) is 1. The molecule has 3 rings (SSSR count). The first-order chi connectivity index (χ1) is 10.7. The van der Waals surface area contributed by atoms with Gasteiger partial charge in [0.25, 0.3) is 0 Å². The minimum Gasteiger partial charge on any atom is -0.472 e. The summed E-state index contributed by atoms with van der Waals surface area (Å²) in [6, 6.07) is 11.2. The first-order valence-corrected chi connectivity index (χ1v) is 7.10. The fourth-order valence-corrected chi connectivity index (χ4v) is 2.35. The highest BCUT2D eigenvalue weighted by atomic mass is 19.1. The molecule has 5 nitrogen and oxygen atoms in total. The van der Waals surface area contributed by atoms with Crippen LogP contribution in [0.4, 0.5) is 14.9 Å². The molecule has 2 amide bonds. The van der Waals surface area contributed by atoms with Crippen LogP contribution in [0.3, 0.4) is 0 Å².